The van der Waals surface area contributed by atoms with E-state index in [1.54, 1.807) is 18.2 Å². The molecule has 1 N–H and O–H groups in total. The average Bonchev–Trinajstić information content (AvgIpc) is 3.65. The van der Waals surface area contributed by atoms with Crippen molar-refractivity contribution in [2.45, 2.75) is 33.7 Å². The molecule has 0 radical (unpaired) electrons. The van der Waals surface area contributed by atoms with E-state index < -0.39 is 17.7 Å². The molecule has 4 heterocycles. The highest BCUT2D eigenvalue weighted by molar-refractivity contribution is 7.22. The number of nitrogens with zero attached hydrogens (tertiary/aromatic N) is 4. The molecule has 0 aliphatic carbocycles. The van der Waals surface area contributed by atoms with Crippen molar-refractivity contribution >= 4 is 49.8 Å². The van der Waals surface area contributed by atoms with Crippen LogP contribution in [0.4, 0.5) is 5.13 Å². The van der Waals surface area contributed by atoms with E-state index in [2.05, 4.69) is 4.98 Å². The molecule has 0 spiro atoms. The van der Waals surface area contributed by atoms with Crippen LogP contribution in [0, 0.1) is 13.8 Å². The highest BCUT2D eigenvalue weighted by Gasteiger charge is 2.49. The van der Waals surface area contributed by atoms with Crippen LogP contribution in [-0.4, -0.2) is 51.5 Å². The average molecular weight is 599 g/mol. The summed E-state index contributed by atoms with van der Waals surface area (Å²) in [5.41, 5.74) is 3.50. The summed E-state index contributed by atoms with van der Waals surface area (Å²) in [6.07, 6.45) is 1.84. The lowest BCUT2D eigenvalue weighted by Crippen LogP contribution is -2.29. The number of aromatic nitrogens is 3. The SMILES string of the molecule is CCOc1ccc2nc(N3C(=O)C(=O)/C(=C(/O)c4nc5c(C)cccn5c4C)C3c3ccc(OCC)c(OC)c3)sc2c1. The van der Waals surface area contributed by atoms with Gasteiger partial charge in [-0.2, -0.15) is 0 Å². The Morgan fingerprint density at radius 2 is 1.79 bits per heavy atom. The Morgan fingerprint density at radius 1 is 1.00 bits per heavy atom. The molecule has 5 aromatic rings. The summed E-state index contributed by atoms with van der Waals surface area (Å²) >= 11 is 1.26. The van der Waals surface area contributed by atoms with Gasteiger partial charge in [-0.15, -0.1) is 0 Å². The topological polar surface area (TPSA) is 115 Å². The highest BCUT2D eigenvalue weighted by atomic mass is 32.1. The predicted molar refractivity (Wildman–Crippen MR) is 164 cm³/mol. The predicted octanol–water partition coefficient (Wildman–Crippen LogP) is 5.99. The van der Waals surface area contributed by atoms with Crippen molar-refractivity contribution in [2.75, 3.05) is 25.2 Å². The van der Waals surface area contributed by atoms with E-state index in [-0.39, 0.29) is 17.0 Å². The van der Waals surface area contributed by atoms with Gasteiger partial charge in [0.25, 0.3) is 5.78 Å². The Morgan fingerprint density at radius 3 is 2.51 bits per heavy atom. The molecule has 1 unspecified atom stereocenters. The Hall–Kier alpha value is -4.90. The first-order chi connectivity index (χ1) is 20.8. The molecule has 1 atom stereocenters. The molecule has 1 saturated heterocycles. The number of rotatable bonds is 8. The number of thiazole rings is 1. The third-order valence-electron chi connectivity index (χ3n) is 7.42. The maximum Gasteiger partial charge on any atom is 0.301 e. The van der Waals surface area contributed by atoms with Crippen LogP contribution in [0.1, 0.15) is 42.4 Å². The standard InChI is InChI=1S/C32H30N4O6S/c1-6-41-20-11-12-21-24(16-20)43-32(33-21)36-27(19-10-13-22(42-7-2)23(15-19)40-5)25(29(38)31(36)39)28(37)26-18(4)35-14-8-9-17(3)30(35)34-26/h8-16,27,37H,6-7H2,1-5H3/b28-25+. The highest BCUT2D eigenvalue weighted by Crippen LogP contribution is 2.46. The number of hydrogen-bond donors (Lipinski definition) is 1. The van der Waals surface area contributed by atoms with Crippen molar-refractivity contribution in [3.8, 4) is 17.2 Å². The number of carbonyl (C=O) groups excluding carboxylic acids is 2. The zero-order chi connectivity index (χ0) is 30.4. The third-order valence-corrected chi connectivity index (χ3v) is 8.44. The molecular formula is C32H30N4O6S. The van der Waals surface area contributed by atoms with Gasteiger partial charge in [0.05, 0.1) is 47.8 Å². The van der Waals surface area contributed by atoms with Gasteiger partial charge in [0, 0.05) is 6.20 Å². The van der Waals surface area contributed by atoms with E-state index in [1.165, 1.54) is 23.3 Å². The van der Waals surface area contributed by atoms with Crippen LogP contribution in [0.5, 0.6) is 17.2 Å². The summed E-state index contributed by atoms with van der Waals surface area (Å²) in [5, 5.41) is 12.1. The molecule has 1 aliphatic heterocycles. The van der Waals surface area contributed by atoms with Crippen LogP contribution in [0.15, 0.2) is 60.3 Å². The number of carbonyl (C=O) groups is 2. The number of hydrogen-bond acceptors (Lipinski definition) is 9. The quantitative estimate of drug-likeness (QED) is 0.132. The maximum atomic E-state index is 13.8. The second kappa shape index (κ2) is 11.1. The lowest BCUT2D eigenvalue weighted by atomic mass is 9.96. The van der Waals surface area contributed by atoms with Gasteiger partial charge < -0.3 is 23.7 Å². The van der Waals surface area contributed by atoms with Crippen LogP contribution in [0.25, 0.3) is 21.6 Å². The summed E-state index contributed by atoms with van der Waals surface area (Å²) in [6.45, 7) is 8.43. The van der Waals surface area contributed by atoms with Crippen molar-refractivity contribution in [2.24, 2.45) is 0 Å². The lowest BCUT2D eigenvalue weighted by molar-refractivity contribution is -0.132. The molecule has 0 saturated carbocycles. The van der Waals surface area contributed by atoms with Crippen molar-refractivity contribution < 1.29 is 28.9 Å². The van der Waals surface area contributed by atoms with Crippen LogP contribution >= 0.6 is 11.3 Å². The number of pyridine rings is 1. The zero-order valence-electron chi connectivity index (χ0n) is 24.4. The van der Waals surface area contributed by atoms with E-state index in [9.17, 15) is 14.7 Å². The van der Waals surface area contributed by atoms with Gasteiger partial charge in [-0.05, 0) is 75.2 Å². The van der Waals surface area contributed by atoms with Crippen molar-refractivity contribution in [3.63, 3.8) is 0 Å². The number of methoxy groups -OCH3 is 1. The summed E-state index contributed by atoms with van der Waals surface area (Å²) in [7, 11) is 1.52. The number of aliphatic hydroxyl groups is 1. The Balaban J connectivity index is 1.58. The first kappa shape index (κ1) is 28.2. The number of imidazole rings is 1. The molecule has 1 aliphatic rings. The van der Waals surface area contributed by atoms with Gasteiger partial charge in [-0.25, -0.2) is 9.97 Å². The van der Waals surface area contributed by atoms with E-state index in [0.29, 0.717) is 58.0 Å². The Bertz CT molecular complexity index is 1940. The Labute approximate surface area is 251 Å². The molecule has 220 valence electrons. The van der Waals surface area contributed by atoms with Gasteiger partial charge >= 0.3 is 5.91 Å². The fraction of sp³-hybridized carbons (Fsp3) is 0.250. The number of aliphatic hydroxyl groups excluding tert-OH is 1. The summed E-state index contributed by atoms with van der Waals surface area (Å²) in [6, 6.07) is 13.5. The smallest absolute Gasteiger partial charge is 0.301 e. The van der Waals surface area contributed by atoms with E-state index in [1.807, 2.05) is 68.6 Å². The van der Waals surface area contributed by atoms with Gasteiger partial charge in [0.1, 0.15) is 17.1 Å². The number of benzene rings is 2. The van der Waals surface area contributed by atoms with E-state index in [4.69, 9.17) is 19.2 Å². The van der Waals surface area contributed by atoms with E-state index >= 15 is 0 Å². The van der Waals surface area contributed by atoms with Crippen LogP contribution in [-0.2, 0) is 9.59 Å². The van der Waals surface area contributed by atoms with Crippen molar-refractivity contribution in [1.29, 1.82) is 0 Å². The van der Waals surface area contributed by atoms with Crippen molar-refractivity contribution in [1.82, 2.24) is 14.4 Å². The van der Waals surface area contributed by atoms with Gasteiger partial charge in [0.2, 0.25) is 0 Å². The minimum Gasteiger partial charge on any atom is -0.505 e. The number of Topliss-reactive ketones (excluding diaryl/α,β-unsaturated/α-hetero) is 1. The number of ether oxygens (including phenoxy) is 3. The number of aryl methyl sites for hydroxylation is 2. The molecule has 3 aromatic heterocycles. The van der Waals surface area contributed by atoms with Gasteiger partial charge in [-0.3, -0.25) is 14.5 Å². The fourth-order valence-electron chi connectivity index (χ4n) is 5.40. The molecule has 43 heavy (non-hydrogen) atoms. The molecule has 11 heteroatoms. The summed E-state index contributed by atoms with van der Waals surface area (Å²) in [4.78, 5) is 38.4. The summed E-state index contributed by atoms with van der Waals surface area (Å²) in [5.74, 6) is -0.383. The third kappa shape index (κ3) is 4.65. The summed E-state index contributed by atoms with van der Waals surface area (Å²) < 4.78 is 19.6. The minimum absolute atomic E-state index is 0.0883. The molecule has 6 rings (SSSR count). The number of amides is 1. The van der Waals surface area contributed by atoms with E-state index in [0.717, 1.165) is 10.3 Å². The first-order valence-corrected chi connectivity index (χ1v) is 14.7. The number of anilines is 1. The molecule has 10 nitrogen and oxygen atoms in total. The van der Waals surface area contributed by atoms with Crippen LogP contribution in [0.2, 0.25) is 0 Å². The number of ketones is 1. The van der Waals surface area contributed by atoms with Gasteiger partial charge in [0.15, 0.2) is 22.4 Å². The fourth-order valence-corrected chi connectivity index (χ4v) is 6.42. The second-order valence-corrected chi connectivity index (χ2v) is 11.0. The second-order valence-electron chi connectivity index (χ2n) is 10.0. The zero-order valence-corrected chi connectivity index (χ0v) is 25.2. The minimum atomic E-state index is -1.01. The Kier molecular flexibility index (Phi) is 7.26. The molecule has 1 amide bonds. The number of fused-ring (bicyclic) bond motifs is 2. The largest absolute Gasteiger partial charge is 0.505 e. The van der Waals surface area contributed by atoms with Crippen molar-refractivity contribution in [3.05, 3.63) is 82.8 Å². The molecule has 0 bridgehead atoms. The van der Waals surface area contributed by atoms with Crippen LogP contribution in [0.3, 0.4) is 0 Å². The molecule has 2 aromatic carbocycles. The monoisotopic (exact) mass is 598 g/mol. The van der Waals surface area contributed by atoms with Crippen LogP contribution < -0.4 is 19.1 Å². The first-order valence-electron chi connectivity index (χ1n) is 13.9. The maximum absolute atomic E-state index is 13.8. The molecule has 1 fully saturated rings. The van der Waals surface area contributed by atoms with Gasteiger partial charge in [-0.1, -0.05) is 23.5 Å². The normalized spacial score (nSPS) is 16.4. The lowest BCUT2D eigenvalue weighted by Gasteiger charge is -2.23. The molecular weight excluding hydrogens is 568 g/mol.